The summed E-state index contributed by atoms with van der Waals surface area (Å²) in [4.78, 5) is 37.8. The molecule has 0 spiro atoms. The molecule has 0 radical (unpaired) electrons. The quantitative estimate of drug-likeness (QED) is 0.422. The van der Waals surface area contributed by atoms with E-state index in [1.54, 1.807) is 31.2 Å². The normalized spacial score (nSPS) is 18.0. The highest BCUT2D eigenvalue weighted by Gasteiger charge is 2.49. The summed E-state index contributed by atoms with van der Waals surface area (Å²) < 4.78 is 1.91. The van der Waals surface area contributed by atoms with Crippen LogP contribution in [-0.2, 0) is 21.7 Å². The number of carbonyl (C=O) groups excluding carboxylic acids is 3. The fourth-order valence-electron chi connectivity index (χ4n) is 3.41. The molecule has 32 heavy (non-hydrogen) atoms. The highest BCUT2D eigenvalue weighted by molar-refractivity contribution is 7.99. The summed E-state index contributed by atoms with van der Waals surface area (Å²) in [5.74, 6) is -0.353. The molecule has 1 fully saturated rings. The van der Waals surface area contributed by atoms with Crippen LogP contribution >= 0.6 is 11.8 Å². The van der Waals surface area contributed by atoms with E-state index < -0.39 is 23.4 Å². The zero-order chi connectivity index (χ0) is 22.7. The van der Waals surface area contributed by atoms with Crippen molar-refractivity contribution >= 4 is 29.6 Å². The first kappa shape index (κ1) is 21.6. The lowest BCUT2D eigenvalue weighted by atomic mass is 9.92. The van der Waals surface area contributed by atoms with Gasteiger partial charge >= 0.3 is 6.03 Å². The number of hydrogen-bond donors (Lipinski definition) is 2. The van der Waals surface area contributed by atoms with Crippen molar-refractivity contribution in [2.45, 2.75) is 31.1 Å². The number of aromatic nitrogens is 3. The van der Waals surface area contributed by atoms with E-state index in [0.29, 0.717) is 17.3 Å². The van der Waals surface area contributed by atoms with Gasteiger partial charge in [0.25, 0.3) is 5.91 Å². The van der Waals surface area contributed by atoms with Gasteiger partial charge < -0.3 is 9.88 Å². The van der Waals surface area contributed by atoms with E-state index in [0.717, 1.165) is 16.4 Å². The Hall–Kier alpha value is -3.66. The zero-order valence-corrected chi connectivity index (χ0v) is 18.4. The molecule has 1 saturated heterocycles. The molecule has 1 aliphatic rings. The number of imide groups is 1. The summed E-state index contributed by atoms with van der Waals surface area (Å²) in [6, 6.07) is 18.1. The van der Waals surface area contributed by atoms with Crippen molar-refractivity contribution in [3.8, 4) is 0 Å². The maximum atomic E-state index is 12.9. The van der Waals surface area contributed by atoms with Gasteiger partial charge in [0.05, 0.1) is 12.3 Å². The van der Waals surface area contributed by atoms with Gasteiger partial charge in [0, 0.05) is 0 Å². The fraction of sp³-hybridized carbons (Fsp3) is 0.227. The molecule has 2 N–H and O–H groups in total. The first-order valence-corrected chi connectivity index (χ1v) is 11.0. The number of hydrogen-bond acceptors (Lipinski definition) is 6. The van der Waals surface area contributed by atoms with Gasteiger partial charge in [-0.1, -0.05) is 72.4 Å². The van der Waals surface area contributed by atoms with Crippen LogP contribution in [0.5, 0.6) is 0 Å². The molecule has 0 bridgehead atoms. The standard InChI is InChI=1S/C22H22N6O3S/c1-15-24-25-21(27(15)13-16-9-5-3-6-10-16)32-14-18(29)26-28-19(30)22(2,23-20(28)31)17-11-7-4-8-12-17/h3-12H,13-14H2,1-2H3,(H,23,31)(H,26,29)/t22-/m0/s1. The molecule has 3 aromatic rings. The minimum Gasteiger partial charge on any atom is -0.318 e. The monoisotopic (exact) mass is 450 g/mol. The molecular weight excluding hydrogens is 428 g/mol. The second-order valence-electron chi connectivity index (χ2n) is 7.49. The predicted molar refractivity (Wildman–Crippen MR) is 118 cm³/mol. The first-order valence-electron chi connectivity index (χ1n) is 9.97. The van der Waals surface area contributed by atoms with Gasteiger partial charge in [0.2, 0.25) is 5.91 Å². The van der Waals surface area contributed by atoms with E-state index in [-0.39, 0.29) is 5.75 Å². The van der Waals surface area contributed by atoms with Crippen LogP contribution in [0.2, 0.25) is 0 Å². The van der Waals surface area contributed by atoms with Gasteiger partial charge in [-0.05, 0) is 25.0 Å². The maximum absolute atomic E-state index is 12.9. The lowest BCUT2D eigenvalue weighted by Gasteiger charge is -2.22. The van der Waals surface area contributed by atoms with Crippen LogP contribution in [-0.4, -0.2) is 43.4 Å². The molecule has 9 nitrogen and oxygen atoms in total. The van der Waals surface area contributed by atoms with E-state index in [1.165, 1.54) is 11.8 Å². The summed E-state index contributed by atoms with van der Waals surface area (Å²) in [5.41, 5.74) is 2.88. The Morgan fingerprint density at radius 3 is 2.41 bits per heavy atom. The van der Waals surface area contributed by atoms with Gasteiger partial charge in [-0.25, -0.2) is 4.79 Å². The van der Waals surface area contributed by atoms with Gasteiger partial charge in [0.1, 0.15) is 11.4 Å². The number of nitrogens with one attached hydrogen (secondary N) is 2. The van der Waals surface area contributed by atoms with Gasteiger partial charge in [-0.15, -0.1) is 10.2 Å². The van der Waals surface area contributed by atoms with E-state index >= 15 is 0 Å². The second-order valence-corrected chi connectivity index (χ2v) is 8.43. The van der Waals surface area contributed by atoms with Crippen molar-refractivity contribution in [1.29, 1.82) is 0 Å². The third-order valence-electron chi connectivity index (χ3n) is 5.20. The largest absolute Gasteiger partial charge is 0.344 e. The number of aryl methyl sites for hydroxylation is 1. The molecule has 1 atom stereocenters. The summed E-state index contributed by atoms with van der Waals surface area (Å²) in [6.07, 6.45) is 0. The zero-order valence-electron chi connectivity index (χ0n) is 17.6. The van der Waals surface area contributed by atoms with Crippen molar-refractivity contribution in [3.63, 3.8) is 0 Å². The van der Waals surface area contributed by atoms with Crippen LogP contribution in [0, 0.1) is 6.92 Å². The van der Waals surface area contributed by atoms with Crippen LogP contribution in [0.4, 0.5) is 4.79 Å². The average molecular weight is 451 g/mol. The molecule has 1 aromatic heterocycles. The Morgan fingerprint density at radius 1 is 1.06 bits per heavy atom. The average Bonchev–Trinajstić information content (AvgIpc) is 3.25. The Balaban J connectivity index is 1.40. The molecule has 0 saturated carbocycles. The molecule has 1 aliphatic heterocycles. The van der Waals surface area contributed by atoms with E-state index in [4.69, 9.17) is 0 Å². The van der Waals surface area contributed by atoms with Gasteiger partial charge in [0.15, 0.2) is 5.16 Å². The molecule has 0 aliphatic carbocycles. The van der Waals surface area contributed by atoms with Crippen molar-refractivity contribution < 1.29 is 14.4 Å². The number of thioether (sulfide) groups is 1. The Morgan fingerprint density at radius 2 is 1.72 bits per heavy atom. The van der Waals surface area contributed by atoms with E-state index in [9.17, 15) is 14.4 Å². The van der Waals surface area contributed by atoms with Crippen molar-refractivity contribution in [1.82, 2.24) is 30.5 Å². The fourth-order valence-corrected chi connectivity index (χ4v) is 4.19. The molecule has 0 unspecified atom stereocenters. The lowest BCUT2D eigenvalue weighted by molar-refractivity contribution is -0.138. The number of urea groups is 1. The van der Waals surface area contributed by atoms with Crippen LogP contribution in [0.3, 0.4) is 0 Å². The van der Waals surface area contributed by atoms with Crippen LogP contribution in [0.25, 0.3) is 0 Å². The minimum absolute atomic E-state index is 0.0357. The van der Waals surface area contributed by atoms with Gasteiger partial charge in [-0.3, -0.25) is 15.0 Å². The van der Waals surface area contributed by atoms with Crippen LogP contribution in [0.15, 0.2) is 65.8 Å². The van der Waals surface area contributed by atoms with Crippen molar-refractivity contribution in [2.75, 3.05) is 5.75 Å². The molecule has 4 amide bonds. The lowest BCUT2D eigenvalue weighted by Crippen LogP contribution is -2.48. The first-order chi connectivity index (χ1) is 15.4. The van der Waals surface area contributed by atoms with Crippen LogP contribution < -0.4 is 10.7 Å². The molecule has 164 valence electrons. The number of benzene rings is 2. The minimum atomic E-state index is -1.24. The third-order valence-corrected chi connectivity index (χ3v) is 6.16. The Labute approximate surface area is 189 Å². The maximum Gasteiger partial charge on any atom is 0.344 e. The molecular formula is C22H22N6O3S. The molecule has 2 aromatic carbocycles. The SMILES string of the molecule is Cc1nnc(SCC(=O)NN2C(=O)N[C@@](C)(c3ccccc3)C2=O)n1Cc1ccccc1. The molecule has 2 heterocycles. The predicted octanol–water partition coefficient (Wildman–Crippen LogP) is 2.23. The van der Waals surface area contributed by atoms with E-state index in [2.05, 4.69) is 20.9 Å². The number of carbonyl (C=O) groups is 3. The Bertz CT molecular complexity index is 1150. The highest BCUT2D eigenvalue weighted by Crippen LogP contribution is 2.27. The van der Waals surface area contributed by atoms with Crippen molar-refractivity contribution in [3.05, 3.63) is 77.6 Å². The van der Waals surface area contributed by atoms with Crippen molar-refractivity contribution in [2.24, 2.45) is 0 Å². The number of hydrazine groups is 1. The molecule has 4 rings (SSSR count). The summed E-state index contributed by atoms with van der Waals surface area (Å²) >= 11 is 1.18. The summed E-state index contributed by atoms with van der Waals surface area (Å²) in [6.45, 7) is 4.03. The topological polar surface area (TPSA) is 109 Å². The smallest absolute Gasteiger partial charge is 0.318 e. The number of rotatable bonds is 7. The van der Waals surface area contributed by atoms with E-state index in [1.807, 2.05) is 47.9 Å². The Kier molecular flexibility index (Phi) is 5.95. The molecule has 10 heteroatoms. The second kappa shape index (κ2) is 8.83. The summed E-state index contributed by atoms with van der Waals surface area (Å²) in [5, 5.41) is 12.2. The van der Waals surface area contributed by atoms with Gasteiger partial charge in [-0.2, -0.15) is 5.01 Å². The van der Waals surface area contributed by atoms with Crippen LogP contribution in [0.1, 0.15) is 23.9 Å². The summed E-state index contributed by atoms with van der Waals surface area (Å²) in [7, 11) is 0. The third kappa shape index (κ3) is 4.22. The number of amides is 4. The number of nitrogens with zero attached hydrogens (tertiary/aromatic N) is 4. The highest BCUT2D eigenvalue weighted by atomic mass is 32.2.